The van der Waals surface area contributed by atoms with Gasteiger partial charge in [0.25, 0.3) is 0 Å². The van der Waals surface area contributed by atoms with Crippen LogP contribution in [-0.2, 0) is 0 Å². The highest BCUT2D eigenvalue weighted by molar-refractivity contribution is 5.79. The Bertz CT molecular complexity index is 1260. The number of hydrogen-bond acceptors (Lipinski definition) is 7. The predicted molar refractivity (Wildman–Crippen MR) is 128 cm³/mol. The molecule has 9 heteroatoms. The number of imidazole rings is 1. The van der Waals surface area contributed by atoms with Gasteiger partial charge in [0.15, 0.2) is 0 Å². The van der Waals surface area contributed by atoms with Crippen LogP contribution in [0.1, 0.15) is 31.4 Å². The van der Waals surface area contributed by atoms with Crippen LogP contribution < -0.4 is 5.32 Å². The fourth-order valence-electron chi connectivity index (χ4n) is 5.29. The molecule has 9 nitrogen and oxygen atoms in total. The highest BCUT2D eigenvalue weighted by Gasteiger charge is 2.28. The Labute approximate surface area is 193 Å². The van der Waals surface area contributed by atoms with Gasteiger partial charge in [-0.2, -0.15) is 0 Å². The van der Waals surface area contributed by atoms with Crippen LogP contribution in [0, 0.1) is 6.92 Å². The van der Waals surface area contributed by atoms with Crippen molar-refractivity contribution in [2.24, 2.45) is 0 Å². The first-order valence-electron chi connectivity index (χ1n) is 12.0. The van der Waals surface area contributed by atoms with Crippen LogP contribution in [0.25, 0.3) is 22.4 Å². The fourth-order valence-corrected chi connectivity index (χ4v) is 5.29. The Hall–Kier alpha value is -3.04. The van der Waals surface area contributed by atoms with E-state index in [9.17, 15) is 0 Å². The van der Waals surface area contributed by atoms with Crippen LogP contribution in [0.2, 0.25) is 0 Å². The molecule has 0 spiro atoms. The smallest absolute Gasteiger partial charge is 0.241 e. The number of nitrogens with one attached hydrogen (secondary N) is 1. The van der Waals surface area contributed by atoms with Gasteiger partial charge in [0.2, 0.25) is 11.7 Å². The lowest BCUT2D eigenvalue weighted by atomic mass is 9.90. The molecule has 6 rings (SSSR count). The van der Waals surface area contributed by atoms with E-state index in [1.54, 1.807) is 0 Å². The Kier molecular flexibility index (Phi) is 5.22. The molecule has 1 saturated carbocycles. The predicted octanol–water partition coefficient (Wildman–Crippen LogP) is 2.72. The number of nitrogens with zero attached hydrogens (tertiary/aromatic N) is 8. The van der Waals surface area contributed by atoms with Gasteiger partial charge in [-0.25, -0.2) is 19.5 Å². The average Bonchev–Trinajstić information content (AvgIpc) is 3.43. The highest BCUT2D eigenvalue weighted by Crippen LogP contribution is 2.27. The standard InChI is InChI=1S/C24H31N9/c1-17-13-26-24-27-14-18(16-32(17)24)21-7-8-33-22(21)15-25-23(29-33)28-19-3-5-20(6-4-19)31-11-9-30(2)10-12-31/h7-8,13-16,19-20H,3-6,9-12H2,1-2H3,(H,28,29)/t19-,20+. The van der Waals surface area contributed by atoms with Crippen molar-refractivity contribution in [2.75, 3.05) is 38.5 Å². The largest absolute Gasteiger partial charge is 0.350 e. The number of hydrogen-bond donors (Lipinski definition) is 1. The summed E-state index contributed by atoms with van der Waals surface area (Å²) in [7, 11) is 2.22. The van der Waals surface area contributed by atoms with Gasteiger partial charge in [0.1, 0.15) is 0 Å². The van der Waals surface area contributed by atoms with E-state index in [0.717, 1.165) is 28.4 Å². The molecule has 1 aliphatic heterocycles. The van der Waals surface area contributed by atoms with Gasteiger partial charge in [0.05, 0.1) is 17.9 Å². The van der Waals surface area contributed by atoms with Gasteiger partial charge in [-0.1, -0.05) is 0 Å². The summed E-state index contributed by atoms with van der Waals surface area (Å²) in [5, 5.41) is 8.33. The first-order valence-corrected chi connectivity index (χ1v) is 12.0. The van der Waals surface area contributed by atoms with Gasteiger partial charge >= 0.3 is 0 Å². The maximum Gasteiger partial charge on any atom is 0.241 e. The molecule has 2 fully saturated rings. The second-order valence-corrected chi connectivity index (χ2v) is 9.54. The molecule has 0 unspecified atom stereocenters. The Morgan fingerprint density at radius 1 is 0.939 bits per heavy atom. The highest BCUT2D eigenvalue weighted by atomic mass is 15.3. The molecule has 4 aromatic heterocycles. The van der Waals surface area contributed by atoms with Gasteiger partial charge < -0.3 is 10.2 Å². The molecule has 2 aliphatic rings. The molecule has 1 aliphatic carbocycles. The van der Waals surface area contributed by atoms with Crippen molar-refractivity contribution in [1.82, 2.24) is 38.8 Å². The van der Waals surface area contributed by atoms with E-state index in [1.165, 1.54) is 51.9 Å². The minimum Gasteiger partial charge on any atom is -0.350 e. The molecule has 0 radical (unpaired) electrons. The summed E-state index contributed by atoms with van der Waals surface area (Å²) < 4.78 is 3.92. The van der Waals surface area contributed by atoms with Crippen molar-refractivity contribution < 1.29 is 0 Å². The lowest BCUT2D eigenvalue weighted by Gasteiger charge is -2.41. The summed E-state index contributed by atoms with van der Waals surface area (Å²) in [6.07, 6.45) is 14.5. The SMILES string of the molecule is Cc1cnc2ncc(-c3ccn4nc(N[C@H]5CC[C@@H](N6CCN(C)CC6)CC5)ncc34)cn12. The van der Waals surface area contributed by atoms with Crippen molar-refractivity contribution in [2.45, 2.75) is 44.7 Å². The van der Waals surface area contributed by atoms with Crippen LogP contribution in [0.4, 0.5) is 5.95 Å². The zero-order chi connectivity index (χ0) is 22.4. The molecule has 1 saturated heterocycles. The molecular weight excluding hydrogens is 414 g/mol. The van der Waals surface area contributed by atoms with Gasteiger partial charge in [-0.3, -0.25) is 9.30 Å². The summed E-state index contributed by atoms with van der Waals surface area (Å²) in [5.74, 6) is 1.41. The van der Waals surface area contributed by atoms with E-state index in [4.69, 9.17) is 5.10 Å². The van der Waals surface area contributed by atoms with Crippen LogP contribution >= 0.6 is 0 Å². The minimum absolute atomic E-state index is 0.442. The summed E-state index contributed by atoms with van der Waals surface area (Å²) in [4.78, 5) is 18.6. The van der Waals surface area contributed by atoms with E-state index in [0.29, 0.717) is 17.8 Å². The molecule has 4 aromatic rings. The molecule has 5 heterocycles. The summed E-state index contributed by atoms with van der Waals surface area (Å²) in [6.45, 7) is 6.83. The normalized spacial score (nSPS) is 22.8. The molecule has 0 bridgehead atoms. The lowest BCUT2D eigenvalue weighted by Crippen LogP contribution is -2.50. The second-order valence-electron chi connectivity index (χ2n) is 9.54. The zero-order valence-electron chi connectivity index (χ0n) is 19.4. The van der Waals surface area contributed by atoms with E-state index in [1.807, 2.05) is 40.6 Å². The molecule has 33 heavy (non-hydrogen) atoms. The summed E-state index contributed by atoms with van der Waals surface area (Å²) in [5.41, 5.74) is 4.13. The van der Waals surface area contributed by atoms with E-state index >= 15 is 0 Å². The first kappa shape index (κ1) is 20.6. The number of likely N-dealkylation sites (N-methyl/N-ethyl adjacent to an activating group) is 1. The Morgan fingerprint density at radius 2 is 1.73 bits per heavy atom. The maximum absolute atomic E-state index is 4.74. The molecule has 1 N–H and O–H groups in total. The van der Waals surface area contributed by atoms with Gasteiger partial charge in [-0.15, -0.1) is 5.10 Å². The number of fused-ring (bicyclic) bond motifs is 2. The van der Waals surface area contributed by atoms with Crippen molar-refractivity contribution in [3.8, 4) is 11.1 Å². The van der Waals surface area contributed by atoms with Gasteiger partial charge in [0, 0.05) is 73.7 Å². The third-order valence-electron chi connectivity index (χ3n) is 7.36. The number of aromatic nitrogens is 6. The Morgan fingerprint density at radius 3 is 2.55 bits per heavy atom. The van der Waals surface area contributed by atoms with Crippen molar-refractivity contribution in [3.63, 3.8) is 0 Å². The summed E-state index contributed by atoms with van der Waals surface area (Å²) >= 11 is 0. The Balaban J connectivity index is 1.14. The molecule has 0 aromatic carbocycles. The topological polar surface area (TPSA) is 78.9 Å². The number of anilines is 1. The first-order chi connectivity index (χ1) is 16.1. The zero-order valence-corrected chi connectivity index (χ0v) is 19.4. The van der Waals surface area contributed by atoms with Crippen molar-refractivity contribution in [3.05, 3.63) is 42.7 Å². The van der Waals surface area contributed by atoms with Crippen molar-refractivity contribution in [1.29, 1.82) is 0 Å². The van der Waals surface area contributed by atoms with Crippen molar-refractivity contribution >= 4 is 17.2 Å². The fraction of sp³-hybridized carbons (Fsp3) is 0.500. The summed E-state index contributed by atoms with van der Waals surface area (Å²) in [6, 6.07) is 3.25. The van der Waals surface area contributed by atoms with Gasteiger partial charge in [-0.05, 0) is 45.7 Å². The van der Waals surface area contributed by atoms with E-state index in [2.05, 4.69) is 49.4 Å². The number of aryl methyl sites for hydroxylation is 1. The minimum atomic E-state index is 0.442. The monoisotopic (exact) mass is 445 g/mol. The second kappa shape index (κ2) is 8.39. The average molecular weight is 446 g/mol. The quantitative estimate of drug-likeness (QED) is 0.517. The third kappa shape index (κ3) is 3.95. The van der Waals surface area contributed by atoms with Crippen LogP contribution in [-0.4, -0.2) is 84.1 Å². The number of piperazine rings is 1. The van der Waals surface area contributed by atoms with Crippen LogP contribution in [0.5, 0.6) is 0 Å². The molecule has 172 valence electrons. The van der Waals surface area contributed by atoms with E-state index < -0.39 is 0 Å². The molecular formula is C24H31N9. The van der Waals surface area contributed by atoms with Crippen LogP contribution in [0.3, 0.4) is 0 Å². The maximum atomic E-state index is 4.74. The molecule has 0 atom stereocenters. The third-order valence-corrected chi connectivity index (χ3v) is 7.36. The lowest BCUT2D eigenvalue weighted by molar-refractivity contribution is 0.0893. The van der Waals surface area contributed by atoms with Crippen LogP contribution in [0.15, 0.2) is 37.1 Å². The number of rotatable bonds is 4. The molecule has 0 amide bonds. The van der Waals surface area contributed by atoms with E-state index in [-0.39, 0.29) is 0 Å².